The minimum atomic E-state index is -0.0730. The summed E-state index contributed by atoms with van der Waals surface area (Å²) >= 11 is 0. The van der Waals surface area contributed by atoms with E-state index in [0.29, 0.717) is 5.96 Å². The van der Waals surface area contributed by atoms with Gasteiger partial charge in [-0.25, -0.2) is 4.99 Å². The molecule has 0 saturated carbocycles. The maximum atomic E-state index is 11.9. The number of aliphatic imine (C=N–C) groups is 1. The second kappa shape index (κ2) is 9.80. The van der Waals surface area contributed by atoms with Crippen molar-refractivity contribution >= 4 is 23.5 Å². The molecule has 148 valence electrons. The Hall–Kier alpha value is -2.77. The summed E-state index contributed by atoms with van der Waals surface area (Å²) in [6.07, 6.45) is 0. The molecule has 0 radical (unpaired) electrons. The zero-order chi connectivity index (χ0) is 19.8. The number of amides is 2. The van der Waals surface area contributed by atoms with Crippen molar-refractivity contribution in [2.75, 3.05) is 72.4 Å². The number of nitrogens with zero attached hydrogens (tertiary/aromatic N) is 5. The molecule has 1 N–H and O–H groups in total. The molecule has 1 aromatic carbocycles. The van der Waals surface area contributed by atoms with E-state index < -0.39 is 0 Å². The lowest BCUT2D eigenvalue weighted by Crippen LogP contribution is -2.54. The maximum Gasteiger partial charge on any atom is 0.243 e. The number of para-hydroxylation sites is 1. The van der Waals surface area contributed by atoms with Gasteiger partial charge in [-0.15, -0.1) is 0 Å². The molecule has 1 saturated heterocycles. The summed E-state index contributed by atoms with van der Waals surface area (Å²) in [6, 6.07) is 10.3. The third-order valence-corrected chi connectivity index (χ3v) is 4.46. The molecule has 8 nitrogen and oxygen atoms in total. The van der Waals surface area contributed by atoms with Gasteiger partial charge in [-0.1, -0.05) is 18.2 Å². The van der Waals surface area contributed by atoms with E-state index in [9.17, 15) is 9.59 Å². The van der Waals surface area contributed by atoms with Gasteiger partial charge >= 0.3 is 0 Å². The predicted molar refractivity (Wildman–Crippen MR) is 108 cm³/mol. The van der Waals surface area contributed by atoms with Crippen LogP contribution in [-0.2, 0) is 9.59 Å². The first-order valence-corrected chi connectivity index (χ1v) is 9.12. The molecule has 2 rings (SSSR count). The molecule has 1 aliphatic rings. The predicted octanol–water partition coefficient (Wildman–Crippen LogP) is -0.0694. The Labute approximate surface area is 161 Å². The number of piperazine rings is 1. The van der Waals surface area contributed by atoms with Crippen LogP contribution in [0.2, 0.25) is 0 Å². The van der Waals surface area contributed by atoms with Gasteiger partial charge in [-0.2, -0.15) is 0 Å². The van der Waals surface area contributed by atoms with Crippen LogP contribution in [0.1, 0.15) is 0 Å². The Morgan fingerprint density at radius 3 is 2.11 bits per heavy atom. The minimum Gasteiger partial charge on any atom is -0.368 e. The lowest BCUT2D eigenvalue weighted by atomic mass is 10.2. The molecular weight excluding hydrogens is 344 g/mol. The van der Waals surface area contributed by atoms with Crippen LogP contribution in [0.5, 0.6) is 0 Å². The van der Waals surface area contributed by atoms with Gasteiger partial charge in [0.1, 0.15) is 6.54 Å². The molecule has 0 atom stereocenters. The summed E-state index contributed by atoms with van der Waals surface area (Å²) in [5.41, 5.74) is 1.20. The highest BCUT2D eigenvalue weighted by atomic mass is 16.2. The molecule has 0 bridgehead atoms. The Kier molecular flexibility index (Phi) is 7.45. The van der Waals surface area contributed by atoms with Crippen molar-refractivity contribution in [1.82, 2.24) is 20.0 Å². The average Bonchev–Trinajstić information content (AvgIpc) is 2.68. The number of benzene rings is 1. The van der Waals surface area contributed by atoms with E-state index in [4.69, 9.17) is 0 Å². The number of guanidine groups is 1. The molecule has 1 heterocycles. The summed E-state index contributed by atoms with van der Waals surface area (Å²) in [4.78, 5) is 35.7. The van der Waals surface area contributed by atoms with Crippen LogP contribution in [0.25, 0.3) is 0 Å². The minimum absolute atomic E-state index is 0.0374. The fraction of sp³-hybridized carbons (Fsp3) is 0.526. The van der Waals surface area contributed by atoms with E-state index in [0.717, 1.165) is 26.2 Å². The highest BCUT2D eigenvalue weighted by Crippen LogP contribution is 2.15. The van der Waals surface area contributed by atoms with Crippen LogP contribution in [0, 0.1) is 0 Å². The van der Waals surface area contributed by atoms with E-state index in [-0.39, 0.29) is 24.9 Å². The Morgan fingerprint density at radius 2 is 1.56 bits per heavy atom. The molecule has 0 unspecified atom stereocenters. The Bertz CT molecular complexity index is 651. The van der Waals surface area contributed by atoms with Gasteiger partial charge < -0.3 is 24.9 Å². The fourth-order valence-electron chi connectivity index (χ4n) is 2.68. The Morgan fingerprint density at radius 1 is 0.963 bits per heavy atom. The molecule has 27 heavy (non-hydrogen) atoms. The van der Waals surface area contributed by atoms with E-state index in [1.165, 1.54) is 15.5 Å². The summed E-state index contributed by atoms with van der Waals surface area (Å²) in [5, 5.41) is 3.11. The molecule has 1 aliphatic heterocycles. The quantitative estimate of drug-likeness (QED) is 0.577. The zero-order valence-corrected chi connectivity index (χ0v) is 16.7. The zero-order valence-electron chi connectivity index (χ0n) is 16.7. The first-order valence-electron chi connectivity index (χ1n) is 9.12. The van der Waals surface area contributed by atoms with Crippen molar-refractivity contribution in [3.63, 3.8) is 0 Å². The normalized spacial score (nSPS) is 14.7. The first-order chi connectivity index (χ1) is 12.9. The summed E-state index contributed by atoms with van der Waals surface area (Å²) in [5.74, 6) is 0.494. The number of hydrogen-bond donors (Lipinski definition) is 1. The molecule has 0 spiro atoms. The van der Waals surface area contributed by atoms with Gasteiger partial charge in [0.15, 0.2) is 5.96 Å². The fourth-order valence-corrected chi connectivity index (χ4v) is 2.68. The molecule has 0 aromatic heterocycles. The van der Waals surface area contributed by atoms with Crippen LogP contribution < -0.4 is 10.2 Å². The van der Waals surface area contributed by atoms with Crippen molar-refractivity contribution in [3.05, 3.63) is 30.3 Å². The number of hydrogen-bond acceptors (Lipinski definition) is 4. The smallest absolute Gasteiger partial charge is 0.243 e. The number of rotatable bonds is 5. The highest BCUT2D eigenvalue weighted by Gasteiger charge is 2.21. The molecule has 1 aromatic rings. The van der Waals surface area contributed by atoms with Crippen molar-refractivity contribution in [1.29, 1.82) is 0 Å². The van der Waals surface area contributed by atoms with E-state index in [1.807, 2.05) is 18.2 Å². The topological polar surface area (TPSA) is 71.5 Å². The van der Waals surface area contributed by atoms with Gasteiger partial charge in [-0.05, 0) is 12.1 Å². The van der Waals surface area contributed by atoms with Crippen LogP contribution >= 0.6 is 0 Å². The summed E-state index contributed by atoms with van der Waals surface area (Å²) in [7, 11) is 6.85. The lowest BCUT2D eigenvalue weighted by molar-refractivity contribution is -0.127. The van der Waals surface area contributed by atoms with Crippen molar-refractivity contribution < 1.29 is 9.59 Å². The second-order valence-corrected chi connectivity index (χ2v) is 6.88. The molecule has 8 heteroatoms. The van der Waals surface area contributed by atoms with Gasteiger partial charge in [0, 0.05) is 60.1 Å². The standard InChI is InChI=1S/C19H30N6O2/c1-22(2)17(26)14-20-19(21-15-18(27)23(3)4)25-12-10-24(11-13-25)16-8-6-5-7-9-16/h5-9H,10-15H2,1-4H3,(H,20,21). The summed E-state index contributed by atoms with van der Waals surface area (Å²) in [6.45, 7) is 3.47. The highest BCUT2D eigenvalue weighted by molar-refractivity contribution is 5.88. The van der Waals surface area contributed by atoms with E-state index in [1.54, 1.807) is 28.2 Å². The average molecular weight is 374 g/mol. The molecule has 0 aliphatic carbocycles. The van der Waals surface area contributed by atoms with E-state index in [2.05, 4.69) is 32.2 Å². The third kappa shape index (κ3) is 6.16. The van der Waals surface area contributed by atoms with Crippen LogP contribution in [-0.4, -0.2) is 99.9 Å². The number of carbonyl (C=O) groups is 2. The van der Waals surface area contributed by atoms with Gasteiger partial charge in [-0.3, -0.25) is 9.59 Å². The SMILES string of the molecule is CN(C)C(=O)CN=C(NCC(=O)N(C)C)N1CCN(c2ccccc2)CC1. The van der Waals surface area contributed by atoms with Gasteiger partial charge in [0.2, 0.25) is 11.8 Å². The van der Waals surface area contributed by atoms with Crippen LogP contribution in [0.4, 0.5) is 5.69 Å². The number of carbonyl (C=O) groups excluding carboxylic acids is 2. The lowest BCUT2D eigenvalue weighted by Gasteiger charge is -2.37. The second-order valence-electron chi connectivity index (χ2n) is 6.88. The van der Waals surface area contributed by atoms with Gasteiger partial charge in [0.25, 0.3) is 0 Å². The summed E-state index contributed by atoms with van der Waals surface area (Å²) < 4.78 is 0. The largest absolute Gasteiger partial charge is 0.368 e. The number of nitrogens with one attached hydrogen (secondary N) is 1. The monoisotopic (exact) mass is 374 g/mol. The third-order valence-electron chi connectivity index (χ3n) is 4.46. The molecule has 2 amide bonds. The van der Waals surface area contributed by atoms with Crippen molar-refractivity contribution in [3.8, 4) is 0 Å². The first kappa shape index (κ1) is 20.5. The molecular formula is C19H30N6O2. The van der Waals surface area contributed by atoms with Crippen LogP contribution in [0.15, 0.2) is 35.3 Å². The number of anilines is 1. The maximum absolute atomic E-state index is 11.9. The van der Waals surface area contributed by atoms with Crippen molar-refractivity contribution in [2.45, 2.75) is 0 Å². The van der Waals surface area contributed by atoms with E-state index >= 15 is 0 Å². The van der Waals surface area contributed by atoms with Gasteiger partial charge in [0.05, 0.1) is 6.54 Å². The number of likely N-dealkylation sites (N-methyl/N-ethyl adjacent to an activating group) is 2. The Balaban J connectivity index is 2.01. The molecule has 1 fully saturated rings. The van der Waals surface area contributed by atoms with Crippen molar-refractivity contribution in [2.24, 2.45) is 4.99 Å². The van der Waals surface area contributed by atoms with Crippen LogP contribution in [0.3, 0.4) is 0 Å².